The van der Waals surface area contributed by atoms with Crippen molar-refractivity contribution in [1.29, 1.82) is 0 Å². The lowest BCUT2D eigenvalue weighted by atomic mass is 10.2. The summed E-state index contributed by atoms with van der Waals surface area (Å²) in [5.41, 5.74) is 0.422. The van der Waals surface area contributed by atoms with Crippen molar-refractivity contribution < 1.29 is 12.9 Å². The van der Waals surface area contributed by atoms with Gasteiger partial charge in [-0.2, -0.15) is 13.7 Å². The minimum Gasteiger partial charge on any atom is -0.332 e. The van der Waals surface area contributed by atoms with Gasteiger partial charge in [-0.15, -0.1) is 0 Å². The number of nitrogens with zero attached hydrogens (tertiary/aromatic N) is 4. The molecule has 0 aliphatic rings. The normalized spacial score (nSPS) is 12.5. The zero-order valence-electron chi connectivity index (χ0n) is 12.1. The summed E-state index contributed by atoms with van der Waals surface area (Å²) >= 11 is 4.29. The van der Waals surface area contributed by atoms with Gasteiger partial charge in [-0.05, 0) is 38.1 Å². The second-order valence-corrected chi connectivity index (χ2v) is 9.15. The Bertz CT molecular complexity index is 919. The van der Waals surface area contributed by atoms with Crippen molar-refractivity contribution in [3.8, 4) is 11.6 Å². The Labute approximate surface area is 145 Å². The van der Waals surface area contributed by atoms with Crippen LogP contribution < -0.4 is 0 Å². The number of hydrogen-bond donors (Lipinski definition) is 0. The smallest absolute Gasteiger partial charge is 0.279 e. The van der Waals surface area contributed by atoms with Crippen LogP contribution >= 0.6 is 27.7 Å². The van der Waals surface area contributed by atoms with Gasteiger partial charge in [-0.3, -0.25) is 0 Å². The summed E-state index contributed by atoms with van der Waals surface area (Å²) < 4.78 is 38.2. The number of hydrogen-bond acceptors (Lipinski definition) is 8. The quantitative estimate of drug-likeness (QED) is 0.646. The van der Waals surface area contributed by atoms with Gasteiger partial charge in [-0.25, -0.2) is 8.42 Å². The van der Waals surface area contributed by atoms with E-state index in [9.17, 15) is 8.42 Å². The first kappa shape index (κ1) is 16.2. The average Bonchev–Trinajstić information content (AvgIpc) is 3.19. The Kier molecular flexibility index (Phi) is 4.07. The van der Waals surface area contributed by atoms with Crippen molar-refractivity contribution >= 4 is 37.5 Å². The largest absolute Gasteiger partial charge is 0.332 e. The minimum atomic E-state index is -3.70. The maximum Gasteiger partial charge on any atom is 0.279 e. The molecule has 0 radical (unpaired) electrons. The Balaban J connectivity index is 2.02. The van der Waals surface area contributed by atoms with Crippen LogP contribution in [0.4, 0.5) is 0 Å². The number of sulfone groups is 1. The van der Waals surface area contributed by atoms with Gasteiger partial charge in [0, 0.05) is 4.47 Å². The van der Waals surface area contributed by atoms with Gasteiger partial charge in [-0.1, -0.05) is 21.1 Å². The van der Waals surface area contributed by atoms with E-state index in [2.05, 4.69) is 34.8 Å². The summed E-state index contributed by atoms with van der Waals surface area (Å²) in [6.07, 6.45) is 1.48. The first-order valence-electron chi connectivity index (χ1n) is 6.45. The van der Waals surface area contributed by atoms with Crippen LogP contribution in [-0.4, -0.2) is 27.3 Å². The molecule has 0 fully saturated rings. The zero-order valence-corrected chi connectivity index (χ0v) is 15.3. The molecule has 120 valence electrons. The maximum atomic E-state index is 12.9. The van der Waals surface area contributed by atoms with Gasteiger partial charge in [0.1, 0.15) is 4.75 Å². The third-order valence-electron chi connectivity index (χ3n) is 3.34. The lowest BCUT2D eigenvalue weighted by Crippen LogP contribution is -2.30. The lowest BCUT2D eigenvalue weighted by Gasteiger charge is -2.20. The van der Waals surface area contributed by atoms with Gasteiger partial charge < -0.3 is 4.52 Å². The van der Waals surface area contributed by atoms with Gasteiger partial charge in [0.05, 0.1) is 22.8 Å². The molecule has 10 heteroatoms. The average molecular weight is 415 g/mol. The molecule has 2 heterocycles. The van der Waals surface area contributed by atoms with E-state index in [1.165, 1.54) is 32.2 Å². The fourth-order valence-electron chi connectivity index (χ4n) is 1.86. The van der Waals surface area contributed by atoms with E-state index in [-0.39, 0.29) is 16.6 Å². The Morgan fingerprint density at radius 1 is 1.22 bits per heavy atom. The van der Waals surface area contributed by atoms with Crippen molar-refractivity contribution in [2.24, 2.45) is 0 Å². The molecule has 0 aliphatic carbocycles. The third kappa shape index (κ3) is 2.81. The third-order valence-corrected chi connectivity index (χ3v) is 6.77. The summed E-state index contributed by atoms with van der Waals surface area (Å²) in [6, 6.07) is 6.41. The van der Waals surface area contributed by atoms with Crippen LogP contribution in [0.1, 0.15) is 19.7 Å². The predicted octanol–water partition coefficient (Wildman–Crippen LogP) is 3.06. The second-order valence-electron chi connectivity index (χ2n) is 5.18. The van der Waals surface area contributed by atoms with E-state index < -0.39 is 14.6 Å². The topological polar surface area (TPSA) is 98.8 Å². The fourth-order valence-corrected chi connectivity index (χ4v) is 3.94. The monoisotopic (exact) mass is 414 g/mol. The highest BCUT2D eigenvalue weighted by molar-refractivity contribution is 9.10. The van der Waals surface area contributed by atoms with E-state index in [1.807, 2.05) is 0 Å². The minimum absolute atomic E-state index is 0.0726. The molecule has 0 saturated carbocycles. The first-order chi connectivity index (χ1) is 10.8. The van der Waals surface area contributed by atoms with E-state index in [4.69, 9.17) is 4.52 Å². The van der Waals surface area contributed by atoms with Crippen LogP contribution in [0.3, 0.4) is 0 Å². The molecule has 0 atom stereocenters. The summed E-state index contributed by atoms with van der Waals surface area (Å²) in [5, 5.41) is 3.82. The molecule has 3 rings (SSSR count). The number of benzene rings is 1. The highest BCUT2D eigenvalue weighted by Crippen LogP contribution is 2.34. The van der Waals surface area contributed by atoms with Gasteiger partial charge in [0.15, 0.2) is 21.4 Å². The highest BCUT2D eigenvalue weighted by Gasteiger charge is 2.42. The van der Waals surface area contributed by atoms with E-state index in [0.29, 0.717) is 5.69 Å². The summed E-state index contributed by atoms with van der Waals surface area (Å²) in [4.78, 5) is 4.36. The van der Waals surface area contributed by atoms with Crippen molar-refractivity contribution in [3.63, 3.8) is 0 Å². The SMILES string of the molecule is CC(C)(c1noc(-c2cnsn2)n1)S(=O)(=O)c1ccc(Br)cc1. The number of halogens is 1. The number of rotatable bonds is 4. The molecule has 23 heavy (non-hydrogen) atoms. The Hall–Kier alpha value is -1.65. The molecule has 0 unspecified atom stereocenters. The van der Waals surface area contributed by atoms with E-state index in [1.54, 1.807) is 12.1 Å². The molecule has 1 aromatic carbocycles. The molecule has 0 N–H and O–H groups in total. The van der Waals surface area contributed by atoms with E-state index in [0.717, 1.165) is 16.2 Å². The zero-order chi connectivity index (χ0) is 16.7. The molecule has 0 aliphatic heterocycles. The summed E-state index contributed by atoms with van der Waals surface area (Å²) in [5.74, 6) is 0.219. The molecule has 2 aromatic heterocycles. The van der Waals surface area contributed by atoms with Crippen LogP contribution in [-0.2, 0) is 14.6 Å². The predicted molar refractivity (Wildman–Crippen MR) is 87.6 cm³/mol. The van der Waals surface area contributed by atoms with Crippen LogP contribution in [0.25, 0.3) is 11.6 Å². The Morgan fingerprint density at radius 3 is 2.52 bits per heavy atom. The summed E-state index contributed by atoms with van der Waals surface area (Å²) in [7, 11) is -3.70. The van der Waals surface area contributed by atoms with Crippen molar-refractivity contribution in [3.05, 3.63) is 40.8 Å². The molecule has 0 spiro atoms. The van der Waals surface area contributed by atoms with Gasteiger partial charge in [0.25, 0.3) is 5.89 Å². The van der Waals surface area contributed by atoms with Crippen LogP contribution in [0.5, 0.6) is 0 Å². The standard InChI is InChI=1S/C13H11BrN4O3S2/c1-13(2,23(19,20)9-5-3-8(14)4-6-9)12-16-11(21-17-12)10-7-15-22-18-10/h3-7H,1-2H3. The van der Waals surface area contributed by atoms with Gasteiger partial charge in [0.2, 0.25) is 0 Å². The number of aromatic nitrogens is 4. The second kappa shape index (κ2) is 5.77. The highest BCUT2D eigenvalue weighted by atomic mass is 79.9. The molecule has 0 amide bonds. The fraction of sp³-hybridized carbons (Fsp3) is 0.231. The summed E-state index contributed by atoms with van der Waals surface area (Å²) in [6.45, 7) is 3.08. The molecule has 0 saturated heterocycles. The van der Waals surface area contributed by atoms with E-state index >= 15 is 0 Å². The van der Waals surface area contributed by atoms with Crippen LogP contribution in [0.2, 0.25) is 0 Å². The molecular weight excluding hydrogens is 404 g/mol. The van der Waals surface area contributed by atoms with Crippen molar-refractivity contribution in [2.75, 3.05) is 0 Å². The molecular formula is C13H11BrN4O3S2. The first-order valence-corrected chi connectivity index (χ1v) is 9.45. The van der Waals surface area contributed by atoms with Gasteiger partial charge >= 0.3 is 0 Å². The van der Waals surface area contributed by atoms with Crippen LogP contribution in [0.15, 0.2) is 44.4 Å². The lowest BCUT2D eigenvalue weighted by molar-refractivity contribution is 0.412. The molecule has 0 bridgehead atoms. The van der Waals surface area contributed by atoms with Crippen LogP contribution in [0, 0.1) is 0 Å². The maximum absolute atomic E-state index is 12.9. The van der Waals surface area contributed by atoms with Crippen molar-refractivity contribution in [2.45, 2.75) is 23.5 Å². The Morgan fingerprint density at radius 2 is 1.91 bits per heavy atom. The molecule has 3 aromatic rings. The van der Waals surface area contributed by atoms with Crippen molar-refractivity contribution in [1.82, 2.24) is 18.9 Å². The molecule has 7 nitrogen and oxygen atoms in total.